The van der Waals surface area contributed by atoms with Crippen molar-refractivity contribution in [1.29, 1.82) is 0 Å². The van der Waals surface area contributed by atoms with Crippen molar-refractivity contribution in [2.24, 2.45) is 0 Å². The molecule has 0 atom stereocenters. The van der Waals surface area contributed by atoms with Crippen LogP contribution in [-0.4, -0.2) is 64.5 Å². The number of hydrogen-bond acceptors (Lipinski definition) is 8. The van der Waals surface area contributed by atoms with E-state index in [0.29, 0.717) is 42.6 Å². The van der Waals surface area contributed by atoms with Crippen LogP contribution in [0.25, 0.3) is 9.88 Å². The molecule has 29 heavy (non-hydrogen) atoms. The standard InChI is InChI=1S/C19H21N5O3S2/c1-12-10-15(22-27-12)21-16(25)11-23-5-7-24(8-6-23)19(26)17-13(2)20-18(29-17)14-4-3-9-28-14/h3-4,9-10H,5-8,11H2,1-2H3,(H,21,22,25). The second-order valence-corrected chi connectivity index (χ2v) is 8.80. The third-order valence-corrected chi connectivity index (χ3v) is 6.83. The SMILES string of the molecule is Cc1cc(NC(=O)CN2CCN(C(=O)c3sc(-c4cccs4)nc3C)CC2)no1. The normalized spacial score (nSPS) is 14.9. The molecule has 1 N–H and O–H groups in total. The molecule has 0 unspecified atom stereocenters. The van der Waals surface area contributed by atoms with Crippen LogP contribution < -0.4 is 5.32 Å². The van der Waals surface area contributed by atoms with Crippen molar-refractivity contribution in [1.82, 2.24) is 19.9 Å². The van der Waals surface area contributed by atoms with Crippen molar-refractivity contribution in [2.45, 2.75) is 13.8 Å². The summed E-state index contributed by atoms with van der Waals surface area (Å²) in [6.45, 7) is 6.37. The van der Waals surface area contributed by atoms with Crippen molar-refractivity contribution in [2.75, 3.05) is 38.0 Å². The first kappa shape index (κ1) is 19.7. The topological polar surface area (TPSA) is 91.6 Å². The molecule has 1 aliphatic rings. The van der Waals surface area contributed by atoms with E-state index in [9.17, 15) is 9.59 Å². The predicted molar refractivity (Wildman–Crippen MR) is 112 cm³/mol. The number of aromatic nitrogens is 2. The number of nitrogens with one attached hydrogen (secondary N) is 1. The van der Waals surface area contributed by atoms with Crippen LogP contribution in [0.15, 0.2) is 28.1 Å². The van der Waals surface area contributed by atoms with Crippen molar-refractivity contribution in [3.05, 3.63) is 39.9 Å². The first-order valence-corrected chi connectivity index (χ1v) is 11.0. The van der Waals surface area contributed by atoms with Gasteiger partial charge in [-0.05, 0) is 25.3 Å². The number of rotatable bonds is 5. The molecule has 10 heteroatoms. The maximum Gasteiger partial charge on any atom is 0.265 e. The molecule has 3 aromatic heterocycles. The van der Waals surface area contributed by atoms with Crippen molar-refractivity contribution >= 4 is 40.3 Å². The van der Waals surface area contributed by atoms with Gasteiger partial charge in [0.1, 0.15) is 15.6 Å². The van der Waals surface area contributed by atoms with Crippen molar-refractivity contribution < 1.29 is 14.1 Å². The molecule has 152 valence electrons. The van der Waals surface area contributed by atoms with Crippen LogP contribution in [0.1, 0.15) is 21.1 Å². The Kier molecular flexibility index (Phi) is 5.74. The number of hydrogen-bond donors (Lipinski definition) is 1. The van der Waals surface area contributed by atoms with Crippen molar-refractivity contribution in [3.63, 3.8) is 0 Å². The van der Waals surface area contributed by atoms with Gasteiger partial charge in [0.2, 0.25) is 5.91 Å². The van der Waals surface area contributed by atoms with E-state index in [-0.39, 0.29) is 18.4 Å². The molecule has 3 aromatic rings. The lowest BCUT2D eigenvalue weighted by Gasteiger charge is -2.34. The fourth-order valence-electron chi connectivity index (χ4n) is 3.16. The number of aryl methyl sites for hydroxylation is 2. The molecule has 4 rings (SSSR count). The lowest BCUT2D eigenvalue weighted by Crippen LogP contribution is -2.50. The van der Waals surface area contributed by atoms with Gasteiger partial charge >= 0.3 is 0 Å². The van der Waals surface area contributed by atoms with Crippen LogP contribution in [-0.2, 0) is 4.79 Å². The molecular formula is C19H21N5O3S2. The molecule has 0 aliphatic carbocycles. The minimum atomic E-state index is -0.142. The van der Waals surface area contributed by atoms with Crippen molar-refractivity contribution in [3.8, 4) is 9.88 Å². The highest BCUT2D eigenvalue weighted by Gasteiger charge is 2.26. The molecule has 0 bridgehead atoms. The first-order valence-electron chi connectivity index (χ1n) is 9.25. The fourth-order valence-corrected chi connectivity index (χ4v) is 4.99. The van der Waals surface area contributed by atoms with E-state index >= 15 is 0 Å². The minimum Gasteiger partial charge on any atom is -0.360 e. The van der Waals surface area contributed by atoms with Gasteiger partial charge in [0, 0.05) is 32.2 Å². The summed E-state index contributed by atoms with van der Waals surface area (Å²) < 4.78 is 4.95. The summed E-state index contributed by atoms with van der Waals surface area (Å²) in [6.07, 6.45) is 0. The number of carbonyl (C=O) groups is 2. The van der Waals surface area contributed by atoms with Gasteiger partial charge in [-0.2, -0.15) is 0 Å². The van der Waals surface area contributed by atoms with E-state index in [0.717, 1.165) is 15.6 Å². The third kappa shape index (κ3) is 4.55. The monoisotopic (exact) mass is 431 g/mol. The molecule has 4 heterocycles. The lowest BCUT2D eigenvalue weighted by molar-refractivity contribution is -0.117. The smallest absolute Gasteiger partial charge is 0.265 e. The number of nitrogens with zero attached hydrogens (tertiary/aromatic N) is 4. The Hall–Kier alpha value is -2.56. The summed E-state index contributed by atoms with van der Waals surface area (Å²) in [5.74, 6) is 0.943. The summed E-state index contributed by atoms with van der Waals surface area (Å²) in [6, 6.07) is 5.68. The Labute approximate surface area is 176 Å². The summed E-state index contributed by atoms with van der Waals surface area (Å²) in [7, 11) is 0. The molecular weight excluding hydrogens is 410 g/mol. The van der Waals surface area contributed by atoms with Gasteiger partial charge in [0.15, 0.2) is 5.82 Å². The zero-order valence-corrected chi connectivity index (χ0v) is 17.8. The molecule has 2 amide bonds. The summed E-state index contributed by atoms with van der Waals surface area (Å²) in [5, 5.41) is 9.38. The molecule has 0 radical (unpaired) electrons. The van der Waals surface area contributed by atoms with Gasteiger partial charge in [-0.25, -0.2) is 4.98 Å². The fraction of sp³-hybridized carbons (Fsp3) is 0.368. The molecule has 1 saturated heterocycles. The zero-order chi connectivity index (χ0) is 20.4. The van der Waals surface area contributed by atoms with E-state index in [1.54, 1.807) is 24.3 Å². The maximum absolute atomic E-state index is 13.0. The maximum atomic E-state index is 13.0. The number of anilines is 1. The number of carbonyl (C=O) groups excluding carboxylic acids is 2. The van der Waals surface area contributed by atoms with Crippen LogP contribution in [0.5, 0.6) is 0 Å². The summed E-state index contributed by atoms with van der Waals surface area (Å²) in [4.78, 5) is 35.3. The minimum absolute atomic E-state index is 0.0185. The van der Waals surface area contributed by atoms with Gasteiger partial charge in [-0.15, -0.1) is 22.7 Å². The predicted octanol–water partition coefficient (Wildman–Crippen LogP) is 2.87. The van der Waals surface area contributed by atoms with Crippen LogP contribution in [0.2, 0.25) is 0 Å². The van der Waals surface area contributed by atoms with Gasteiger partial charge in [-0.3, -0.25) is 14.5 Å². The van der Waals surface area contributed by atoms with Gasteiger partial charge in [0.05, 0.1) is 17.1 Å². The van der Waals surface area contributed by atoms with Crippen LogP contribution >= 0.6 is 22.7 Å². The largest absolute Gasteiger partial charge is 0.360 e. The molecule has 0 spiro atoms. The van der Waals surface area contributed by atoms with Crippen LogP contribution in [0.3, 0.4) is 0 Å². The lowest BCUT2D eigenvalue weighted by atomic mass is 10.2. The quantitative estimate of drug-likeness (QED) is 0.668. The average Bonchev–Trinajstić information content (AvgIpc) is 3.43. The molecule has 1 aliphatic heterocycles. The number of piperazine rings is 1. The van der Waals surface area contributed by atoms with E-state index < -0.39 is 0 Å². The van der Waals surface area contributed by atoms with Crippen LogP contribution in [0, 0.1) is 13.8 Å². The Balaban J connectivity index is 1.31. The number of amides is 2. The van der Waals surface area contributed by atoms with Gasteiger partial charge in [0.25, 0.3) is 5.91 Å². The Bertz CT molecular complexity index is 1000. The summed E-state index contributed by atoms with van der Waals surface area (Å²) in [5.41, 5.74) is 0.771. The zero-order valence-electron chi connectivity index (χ0n) is 16.2. The van der Waals surface area contributed by atoms with E-state index in [4.69, 9.17) is 4.52 Å². The highest BCUT2D eigenvalue weighted by molar-refractivity contribution is 7.22. The second-order valence-electron chi connectivity index (χ2n) is 6.85. The molecule has 8 nitrogen and oxygen atoms in total. The Morgan fingerprint density at radius 1 is 1.24 bits per heavy atom. The Morgan fingerprint density at radius 2 is 2.03 bits per heavy atom. The Morgan fingerprint density at radius 3 is 2.69 bits per heavy atom. The van der Waals surface area contributed by atoms with E-state index in [1.807, 2.05) is 34.2 Å². The van der Waals surface area contributed by atoms with E-state index in [1.165, 1.54) is 11.3 Å². The first-order chi connectivity index (χ1) is 14.0. The van der Waals surface area contributed by atoms with Crippen LogP contribution in [0.4, 0.5) is 5.82 Å². The van der Waals surface area contributed by atoms with E-state index in [2.05, 4.69) is 15.5 Å². The molecule has 0 aromatic carbocycles. The van der Waals surface area contributed by atoms with Gasteiger partial charge in [-0.1, -0.05) is 11.2 Å². The third-order valence-electron chi connectivity index (χ3n) is 4.64. The highest BCUT2D eigenvalue weighted by Crippen LogP contribution is 2.31. The molecule has 0 saturated carbocycles. The van der Waals surface area contributed by atoms with Gasteiger partial charge < -0.3 is 14.7 Å². The average molecular weight is 432 g/mol. The molecule has 1 fully saturated rings. The number of thiophene rings is 1. The summed E-state index contributed by atoms with van der Waals surface area (Å²) >= 11 is 3.07. The number of thiazole rings is 1. The second kappa shape index (κ2) is 8.44. The highest BCUT2D eigenvalue weighted by atomic mass is 32.1.